The van der Waals surface area contributed by atoms with Crippen molar-refractivity contribution in [1.82, 2.24) is 4.31 Å². The van der Waals surface area contributed by atoms with Gasteiger partial charge in [0.1, 0.15) is 0 Å². The zero-order valence-electron chi connectivity index (χ0n) is 11.4. The van der Waals surface area contributed by atoms with Gasteiger partial charge in [-0.1, -0.05) is 6.07 Å². The van der Waals surface area contributed by atoms with Crippen LogP contribution >= 0.6 is 0 Å². The lowest BCUT2D eigenvalue weighted by Crippen LogP contribution is -2.36. The smallest absolute Gasteiger partial charge is 0.395 e. The van der Waals surface area contributed by atoms with E-state index < -0.39 is 21.8 Å². The highest BCUT2D eigenvalue weighted by Crippen LogP contribution is 2.35. The standard InChI is InChI=1S/C13H16F3NO3S/c1-9-2-3-10(13(14,15)16)8-12(9)21(19,20)17(6-7-18)11-4-5-11/h2-3,8,11,18H,4-7H2,1H3. The molecule has 1 N–H and O–H groups in total. The van der Waals surface area contributed by atoms with Crippen LogP contribution in [0.1, 0.15) is 24.0 Å². The highest BCUT2D eigenvalue weighted by Gasteiger charge is 2.39. The van der Waals surface area contributed by atoms with Crippen molar-refractivity contribution in [2.45, 2.75) is 36.9 Å². The van der Waals surface area contributed by atoms with Crippen LogP contribution in [0.25, 0.3) is 0 Å². The summed E-state index contributed by atoms with van der Waals surface area (Å²) in [5.41, 5.74) is -0.738. The molecule has 2 rings (SSSR count). The monoisotopic (exact) mass is 323 g/mol. The topological polar surface area (TPSA) is 57.6 Å². The summed E-state index contributed by atoms with van der Waals surface area (Å²) in [6, 6.07) is 2.45. The molecule has 0 aromatic heterocycles. The molecule has 0 saturated heterocycles. The van der Waals surface area contributed by atoms with E-state index in [1.54, 1.807) is 0 Å². The summed E-state index contributed by atoms with van der Waals surface area (Å²) in [6.45, 7) is 0.980. The Morgan fingerprint density at radius 2 is 1.95 bits per heavy atom. The lowest BCUT2D eigenvalue weighted by molar-refractivity contribution is -0.137. The van der Waals surface area contributed by atoms with Crippen molar-refractivity contribution in [1.29, 1.82) is 0 Å². The summed E-state index contributed by atoms with van der Waals surface area (Å²) in [6.07, 6.45) is -3.27. The molecule has 1 aliphatic carbocycles. The van der Waals surface area contributed by atoms with Gasteiger partial charge in [-0.05, 0) is 37.5 Å². The third kappa shape index (κ3) is 3.38. The quantitative estimate of drug-likeness (QED) is 0.903. The number of aryl methyl sites for hydroxylation is 1. The fourth-order valence-electron chi connectivity index (χ4n) is 2.14. The Morgan fingerprint density at radius 1 is 1.33 bits per heavy atom. The fourth-order valence-corrected chi connectivity index (χ4v) is 4.07. The molecule has 0 amide bonds. The maximum absolute atomic E-state index is 12.8. The van der Waals surface area contributed by atoms with Gasteiger partial charge < -0.3 is 5.11 Å². The maximum atomic E-state index is 12.8. The van der Waals surface area contributed by atoms with Gasteiger partial charge in [-0.15, -0.1) is 0 Å². The van der Waals surface area contributed by atoms with E-state index in [0.717, 1.165) is 16.4 Å². The van der Waals surface area contributed by atoms with Crippen molar-refractivity contribution in [3.8, 4) is 0 Å². The van der Waals surface area contributed by atoms with Crippen LogP contribution in [-0.4, -0.2) is 37.0 Å². The van der Waals surface area contributed by atoms with Crippen LogP contribution in [0.2, 0.25) is 0 Å². The molecule has 8 heteroatoms. The summed E-state index contributed by atoms with van der Waals surface area (Å²) >= 11 is 0. The van der Waals surface area contributed by atoms with Gasteiger partial charge in [0.25, 0.3) is 0 Å². The summed E-state index contributed by atoms with van der Waals surface area (Å²) in [5.74, 6) is 0. The van der Waals surface area contributed by atoms with E-state index in [9.17, 15) is 21.6 Å². The van der Waals surface area contributed by atoms with Crippen molar-refractivity contribution in [3.05, 3.63) is 29.3 Å². The molecule has 0 heterocycles. The number of hydrogen-bond acceptors (Lipinski definition) is 3. The largest absolute Gasteiger partial charge is 0.416 e. The lowest BCUT2D eigenvalue weighted by atomic mass is 10.1. The van der Waals surface area contributed by atoms with Gasteiger partial charge in [-0.2, -0.15) is 17.5 Å². The van der Waals surface area contributed by atoms with Crippen molar-refractivity contribution in [3.63, 3.8) is 0 Å². The minimum atomic E-state index is -4.60. The third-order valence-corrected chi connectivity index (χ3v) is 5.47. The van der Waals surface area contributed by atoms with Crippen LogP contribution in [0, 0.1) is 6.92 Å². The average Bonchev–Trinajstić information content (AvgIpc) is 3.18. The first kappa shape index (κ1) is 16.3. The third-order valence-electron chi connectivity index (χ3n) is 3.38. The van der Waals surface area contributed by atoms with E-state index in [4.69, 9.17) is 5.11 Å². The van der Waals surface area contributed by atoms with Gasteiger partial charge in [0.05, 0.1) is 17.1 Å². The Kier molecular flexibility index (Phi) is 4.32. The first-order valence-corrected chi connectivity index (χ1v) is 7.92. The SMILES string of the molecule is Cc1ccc(C(F)(F)F)cc1S(=O)(=O)N(CCO)C1CC1. The molecular weight excluding hydrogens is 307 g/mol. The van der Waals surface area contributed by atoms with Crippen molar-refractivity contribution < 1.29 is 26.7 Å². The predicted molar refractivity (Wildman–Crippen MR) is 70.2 cm³/mol. The van der Waals surface area contributed by atoms with Crippen molar-refractivity contribution >= 4 is 10.0 Å². The van der Waals surface area contributed by atoms with Crippen LogP contribution < -0.4 is 0 Å². The molecule has 118 valence electrons. The highest BCUT2D eigenvalue weighted by atomic mass is 32.2. The van der Waals surface area contributed by atoms with Crippen LogP contribution in [0.5, 0.6) is 0 Å². The summed E-state index contributed by atoms with van der Waals surface area (Å²) in [4.78, 5) is -0.349. The molecule has 0 spiro atoms. The minimum absolute atomic E-state index is 0.108. The van der Waals surface area contributed by atoms with Crippen molar-refractivity contribution in [2.24, 2.45) is 0 Å². The number of aliphatic hydroxyl groups is 1. The molecule has 0 radical (unpaired) electrons. The summed E-state index contributed by atoms with van der Waals surface area (Å²) < 4.78 is 64.5. The second kappa shape index (κ2) is 5.58. The Labute approximate surface area is 121 Å². The number of hydrogen-bond donors (Lipinski definition) is 1. The van der Waals surface area contributed by atoms with E-state index in [1.165, 1.54) is 6.92 Å². The van der Waals surface area contributed by atoms with Gasteiger partial charge >= 0.3 is 6.18 Å². The van der Waals surface area contributed by atoms with Crippen LogP contribution in [0.4, 0.5) is 13.2 Å². The van der Waals surface area contributed by atoms with E-state index >= 15 is 0 Å². The number of nitrogens with zero attached hydrogens (tertiary/aromatic N) is 1. The number of aliphatic hydroxyl groups excluding tert-OH is 1. The lowest BCUT2D eigenvalue weighted by Gasteiger charge is -2.22. The second-order valence-corrected chi connectivity index (χ2v) is 6.91. The molecule has 0 unspecified atom stereocenters. The average molecular weight is 323 g/mol. The Bertz CT molecular complexity index is 624. The zero-order valence-corrected chi connectivity index (χ0v) is 12.2. The normalized spacial score (nSPS) is 16.5. The summed E-state index contributed by atoms with van der Waals surface area (Å²) in [7, 11) is -4.04. The number of rotatable bonds is 5. The Morgan fingerprint density at radius 3 is 2.43 bits per heavy atom. The molecule has 1 saturated carbocycles. The molecule has 1 aromatic rings. The maximum Gasteiger partial charge on any atom is 0.416 e. The molecule has 1 aromatic carbocycles. The van der Waals surface area contributed by atoms with Crippen LogP contribution in [0.3, 0.4) is 0 Å². The Hall–Kier alpha value is -1.12. The molecule has 0 atom stereocenters. The Balaban J connectivity index is 2.48. The minimum Gasteiger partial charge on any atom is -0.395 e. The van der Waals surface area contributed by atoms with Gasteiger partial charge in [-0.25, -0.2) is 8.42 Å². The van der Waals surface area contributed by atoms with E-state index in [2.05, 4.69) is 0 Å². The molecule has 4 nitrogen and oxygen atoms in total. The molecule has 21 heavy (non-hydrogen) atoms. The van der Waals surface area contributed by atoms with E-state index in [1.807, 2.05) is 0 Å². The molecule has 1 fully saturated rings. The molecule has 0 bridgehead atoms. The number of benzene rings is 1. The van der Waals surface area contributed by atoms with Crippen LogP contribution in [0.15, 0.2) is 23.1 Å². The number of sulfonamides is 1. The molecule has 1 aliphatic rings. The second-order valence-electron chi connectivity index (χ2n) is 5.05. The first-order chi connectivity index (χ1) is 9.67. The fraction of sp³-hybridized carbons (Fsp3) is 0.538. The van der Waals surface area contributed by atoms with Gasteiger partial charge in [0.15, 0.2) is 0 Å². The molecule has 0 aliphatic heterocycles. The number of alkyl halides is 3. The van der Waals surface area contributed by atoms with Gasteiger partial charge in [-0.3, -0.25) is 0 Å². The molecular formula is C13H16F3NO3S. The predicted octanol–water partition coefficient (Wildman–Crippen LogP) is 2.16. The van der Waals surface area contributed by atoms with Crippen molar-refractivity contribution in [2.75, 3.05) is 13.2 Å². The van der Waals surface area contributed by atoms with Crippen LogP contribution in [-0.2, 0) is 16.2 Å². The zero-order chi connectivity index (χ0) is 15.8. The van der Waals surface area contributed by atoms with Gasteiger partial charge in [0, 0.05) is 12.6 Å². The van der Waals surface area contributed by atoms with Gasteiger partial charge in [0.2, 0.25) is 10.0 Å². The number of halogens is 3. The van der Waals surface area contributed by atoms with E-state index in [-0.39, 0.29) is 29.7 Å². The highest BCUT2D eigenvalue weighted by molar-refractivity contribution is 7.89. The summed E-state index contributed by atoms with van der Waals surface area (Å²) in [5, 5.41) is 8.99. The van der Waals surface area contributed by atoms with E-state index in [0.29, 0.717) is 18.9 Å². The first-order valence-electron chi connectivity index (χ1n) is 6.48.